The number of nitrogens with zero attached hydrogens (tertiary/aromatic N) is 3. The summed E-state index contributed by atoms with van der Waals surface area (Å²) < 4.78 is 0. The molecular weight excluding hydrogens is 252 g/mol. The lowest BCUT2D eigenvalue weighted by Crippen LogP contribution is -2.29. The second kappa shape index (κ2) is 7.24. The highest BCUT2D eigenvalue weighted by molar-refractivity contribution is 5.75. The van der Waals surface area contributed by atoms with Crippen LogP contribution in [0.15, 0.2) is 24.4 Å². The van der Waals surface area contributed by atoms with E-state index >= 15 is 0 Å². The first-order valence-electron chi connectivity index (χ1n) is 7.22. The molecule has 1 amide bonds. The van der Waals surface area contributed by atoms with Gasteiger partial charge in [0.15, 0.2) is 0 Å². The quantitative estimate of drug-likeness (QED) is 0.850. The van der Waals surface area contributed by atoms with E-state index in [1.807, 2.05) is 32.3 Å². The van der Waals surface area contributed by atoms with E-state index in [2.05, 4.69) is 15.2 Å². The van der Waals surface area contributed by atoms with Crippen LogP contribution in [0.2, 0.25) is 0 Å². The van der Waals surface area contributed by atoms with Crippen LogP contribution in [0.1, 0.15) is 12.8 Å². The molecule has 1 saturated heterocycles. The van der Waals surface area contributed by atoms with Gasteiger partial charge in [0.05, 0.1) is 0 Å². The summed E-state index contributed by atoms with van der Waals surface area (Å²) in [6, 6.07) is 5.90. The number of hydrogen-bond acceptors (Lipinski definition) is 4. The number of anilines is 1. The Balaban J connectivity index is 1.66. The Morgan fingerprint density at radius 1 is 1.50 bits per heavy atom. The van der Waals surface area contributed by atoms with Gasteiger partial charge in [-0.25, -0.2) is 4.98 Å². The molecule has 0 aromatic carbocycles. The Morgan fingerprint density at radius 3 is 3.05 bits per heavy atom. The van der Waals surface area contributed by atoms with E-state index in [1.54, 1.807) is 11.1 Å². The van der Waals surface area contributed by atoms with Crippen molar-refractivity contribution in [3.05, 3.63) is 24.4 Å². The molecule has 1 aliphatic heterocycles. The molecule has 0 radical (unpaired) electrons. The fourth-order valence-corrected chi connectivity index (χ4v) is 2.48. The predicted molar refractivity (Wildman–Crippen MR) is 80.6 cm³/mol. The summed E-state index contributed by atoms with van der Waals surface area (Å²) in [7, 11) is 3.62. The zero-order chi connectivity index (χ0) is 14.4. The summed E-state index contributed by atoms with van der Waals surface area (Å²) in [4.78, 5) is 19.9. The van der Waals surface area contributed by atoms with Gasteiger partial charge in [-0.3, -0.25) is 4.79 Å². The first kappa shape index (κ1) is 14.8. The Bertz CT molecular complexity index is 421. The van der Waals surface area contributed by atoms with Gasteiger partial charge in [0, 0.05) is 46.3 Å². The van der Waals surface area contributed by atoms with Crippen LogP contribution in [-0.2, 0) is 4.79 Å². The molecule has 1 atom stereocenters. The standard InChI is InChI=1S/C15H24N4O/c1-18(2)15(20)7-10-19-9-6-13(12-19)11-17-14-5-3-4-8-16-14/h3-5,8,13H,6-7,9-12H2,1-2H3,(H,16,17)/t13-/m0/s1. The number of amides is 1. The number of carbonyl (C=O) groups is 1. The Labute approximate surface area is 121 Å². The zero-order valence-electron chi connectivity index (χ0n) is 12.4. The van der Waals surface area contributed by atoms with Crippen LogP contribution in [0, 0.1) is 5.92 Å². The van der Waals surface area contributed by atoms with Crippen LogP contribution < -0.4 is 5.32 Å². The van der Waals surface area contributed by atoms with E-state index in [0.717, 1.165) is 32.0 Å². The van der Waals surface area contributed by atoms with Crippen LogP contribution in [0.4, 0.5) is 5.82 Å². The minimum absolute atomic E-state index is 0.208. The second-order valence-corrected chi connectivity index (χ2v) is 5.59. The molecule has 1 aromatic rings. The van der Waals surface area contributed by atoms with Crippen molar-refractivity contribution in [2.45, 2.75) is 12.8 Å². The predicted octanol–water partition coefficient (Wildman–Crippen LogP) is 1.29. The Kier molecular flexibility index (Phi) is 5.35. The van der Waals surface area contributed by atoms with Crippen molar-refractivity contribution in [2.75, 3.05) is 45.6 Å². The molecule has 5 nitrogen and oxygen atoms in total. The monoisotopic (exact) mass is 276 g/mol. The molecule has 0 bridgehead atoms. The van der Waals surface area contributed by atoms with Gasteiger partial charge < -0.3 is 15.1 Å². The third-order valence-electron chi connectivity index (χ3n) is 3.75. The number of nitrogens with one attached hydrogen (secondary N) is 1. The molecule has 1 fully saturated rings. The maximum absolute atomic E-state index is 11.6. The van der Waals surface area contributed by atoms with Gasteiger partial charge in [-0.05, 0) is 31.0 Å². The summed E-state index contributed by atoms with van der Waals surface area (Å²) in [5.74, 6) is 1.79. The fraction of sp³-hybridized carbons (Fsp3) is 0.600. The van der Waals surface area contributed by atoms with Crippen molar-refractivity contribution in [3.8, 4) is 0 Å². The summed E-state index contributed by atoms with van der Waals surface area (Å²) >= 11 is 0. The third kappa shape index (κ3) is 4.49. The van der Waals surface area contributed by atoms with Crippen LogP contribution >= 0.6 is 0 Å². The summed E-state index contributed by atoms with van der Waals surface area (Å²) in [5.41, 5.74) is 0. The van der Waals surface area contributed by atoms with Crippen LogP contribution in [-0.4, -0.2) is 61.0 Å². The maximum atomic E-state index is 11.6. The van der Waals surface area contributed by atoms with Gasteiger partial charge in [-0.1, -0.05) is 6.07 Å². The molecule has 2 heterocycles. The van der Waals surface area contributed by atoms with Gasteiger partial charge in [-0.15, -0.1) is 0 Å². The molecular formula is C15H24N4O. The van der Waals surface area contributed by atoms with E-state index in [4.69, 9.17) is 0 Å². The molecule has 0 aliphatic carbocycles. The first-order chi connectivity index (χ1) is 9.65. The fourth-order valence-electron chi connectivity index (χ4n) is 2.48. The molecule has 1 N–H and O–H groups in total. The summed E-state index contributed by atoms with van der Waals surface area (Å²) in [5, 5.41) is 3.38. The number of likely N-dealkylation sites (tertiary alicyclic amines) is 1. The third-order valence-corrected chi connectivity index (χ3v) is 3.75. The van der Waals surface area contributed by atoms with E-state index in [1.165, 1.54) is 6.42 Å². The van der Waals surface area contributed by atoms with Crippen LogP contribution in [0.5, 0.6) is 0 Å². The first-order valence-corrected chi connectivity index (χ1v) is 7.22. The molecule has 20 heavy (non-hydrogen) atoms. The molecule has 0 unspecified atom stereocenters. The number of hydrogen-bond donors (Lipinski definition) is 1. The van der Waals surface area contributed by atoms with Crippen molar-refractivity contribution in [3.63, 3.8) is 0 Å². The zero-order valence-corrected chi connectivity index (χ0v) is 12.4. The van der Waals surface area contributed by atoms with Crippen molar-refractivity contribution in [1.82, 2.24) is 14.8 Å². The molecule has 2 rings (SSSR count). The lowest BCUT2D eigenvalue weighted by Gasteiger charge is -2.17. The van der Waals surface area contributed by atoms with Crippen molar-refractivity contribution in [1.29, 1.82) is 0 Å². The number of rotatable bonds is 6. The topological polar surface area (TPSA) is 48.5 Å². The lowest BCUT2D eigenvalue weighted by atomic mass is 10.1. The smallest absolute Gasteiger partial charge is 0.223 e. The van der Waals surface area contributed by atoms with Crippen molar-refractivity contribution < 1.29 is 4.79 Å². The molecule has 110 valence electrons. The molecule has 5 heteroatoms. The van der Waals surface area contributed by atoms with Gasteiger partial charge in [0.2, 0.25) is 5.91 Å². The molecule has 0 saturated carbocycles. The minimum atomic E-state index is 0.208. The highest BCUT2D eigenvalue weighted by Gasteiger charge is 2.22. The van der Waals surface area contributed by atoms with E-state index in [9.17, 15) is 4.79 Å². The number of pyridine rings is 1. The van der Waals surface area contributed by atoms with Gasteiger partial charge >= 0.3 is 0 Å². The van der Waals surface area contributed by atoms with Crippen molar-refractivity contribution in [2.24, 2.45) is 5.92 Å². The molecule has 1 aliphatic rings. The Hall–Kier alpha value is -1.62. The average molecular weight is 276 g/mol. The van der Waals surface area contributed by atoms with Crippen LogP contribution in [0.3, 0.4) is 0 Å². The van der Waals surface area contributed by atoms with Gasteiger partial charge in [0.25, 0.3) is 0 Å². The lowest BCUT2D eigenvalue weighted by molar-refractivity contribution is -0.128. The van der Waals surface area contributed by atoms with Gasteiger partial charge in [0.1, 0.15) is 5.82 Å². The van der Waals surface area contributed by atoms with E-state index in [0.29, 0.717) is 12.3 Å². The van der Waals surface area contributed by atoms with E-state index in [-0.39, 0.29) is 5.91 Å². The molecule has 0 spiro atoms. The molecule has 1 aromatic heterocycles. The summed E-state index contributed by atoms with van der Waals surface area (Å²) in [6.07, 6.45) is 3.61. The second-order valence-electron chi connectivity index (χ2n) is 5.59. The average Bonchev–Trinajstić information content (AvgIpc) is 2.91. The van der Waals surface area contributed by atoms with Crippen molar-refractivity contribution >= 4 is 11.7 Å². The highest BCUT2D eigenvalue weighted by Crippen LogP contribution is 2.17. The maximum Gasteiger partial charge on any atom is 0.223 e. The highest BCUT2D eigenvalue weighted by atomic mass is 16.2. The Morgan fingerprint density at radius 2 is 2.35 bits per heavy atom. The number of carbonyl (C=O) groups excluding carboxylic acids is 1. The summed E-state index contributed by atoms with van der Waals surface area (Å²) in [6.45, 7) is 3.99. The SMILES string of the molecule is CN(C)C(=O)CCN1CC[C@@H](CNc2ccccn2)C1. The van der Waals surface area contributed by atoms with Crippen LogP contribution in [0.25, 0.3) is 0 Å². The minimum Gasteiger partial charge on any atom is -0.370 e. The van der Waals surface area contributed by atoms with E-state index < -0.39 is 0 Å². The largest absolute Gasteiger partial charge is 0.370 e. The normalized spacial score (nSPS) is 19.0. The van der Waals surface area contributed by atoms with Gasteiger partial charge in [-0.2, -0.15) is 0 Å². The number of aromatic nitrogens is 1.